The summed E-state index contributed by atoms with van der Waals surface area (Å²) in [6.45, 7) is 7.43. The second-order valence-corrected chi connectivity index (χ2v) is 8.85. The SMILES string of the molecule is CC(Sc1nc2ccccc2n1CC(=O)OC(C)(C)C)C(=O)c1ccccc1. The average molecular weight is 397 g/mol. The Morgan fingerprint density at radius 3 is 2.39 bits per heavy atom. The summed E-state index contributed by atoms with van der Waals surface area (Å²) in [5.41, 5.74) is 1.73. The predicted molar refractivity (Wildman–Crippen MR) is 112 cm³/mol. The molecule has 0 bridgehead atoms. The Morgan fingerprint density at radius 1 is 1.07 bits per heavy atom. The Balaban J connectivity index is 1.88. The summed E-state index contributed by atoms with van der Waals surface area (Å²) < 4.78 is 7.30. The van der Waals surface area contributed by atoms with Gasteiger partial charge in [-0.1, -0.05) is 54.2 Å². The summed E-state index contributed by atoms with van der Waals surface area (Å²) in [6, 6.07) is 16.8. The Hall–Kier alpha value is -2.60. The lowest BCUT2D eigenvalue weighted by molar-refractivity contribution is -0.155. The molecule has 0 fully saturated rings. The molecule has 0 aliphatic heterocycles. The summed E-state index contributed by atoms with van der Waals surface area (Å²) in [6.07, 6.45) is 0. The maximum atomic E-state index is 12.7. The number of aromatic nitrogens is 2. The van der Waals surface area contributed by atoms with Crippen LogP contribution in [0.15, 0.2) is 59.8 Å². The molecule has 28 heavy (non-hydrogen) atoms. The Kier molecular flexibility index (Phi) is 5.89. The van der Waals surface area contributed by atoms with Crippen LogP contribution in [-0.2, 0) is 16.1 Å². The lowest BCUT2D eigenvalue weighted by Crippen LogP contribution is -2.27. The number of thioether (sulfide) groups is 1. The molecule has 5 nitrogen and oxygen atoms in total. The van der Waals surface area contributed by atoms with Gasteiger partial charge in [-0.15, -0.1) is 0 Å². The highest BCUT2D eigenvalue weighted by Gasteiger charge is 2.23. The minimum absolute atomic E-state index is 0.0291. The molecule has 0 aliphatic carbocycles. The van der Waals surface area contributed by atoms with Gasteiger partial charge in [0.25, 0.3) is 0 Å². The molecule has 3 rings (SSSR count). The maximum absolute atomic E-state index is 12.7. The summed E-state index contributed by atoms with van der Waals surface area (Å²) in [7, 11) is 0. The zero-order valence-corrected chi connectivity index (χ0v) is 17.3. The number of rotatable bonds is 6. The van der Waals surface area contributed by atoms with Crippen molar-refractivity contribution in [1.29, 1.82) is 0 Å². The topological polar surface area (TPSA) is 61.2 Å². The number of fused-ring (bicyclic) bond motifs is 1. The molecule has 1 aromatic heterocycles. The van der Waals surface area contributed by atoms with Crippen LogP contribution in [0.5, 0.6) is 0 Å². The van der Waals surface area contributed by atoms with Crippen molar-refractivity contribution in [2.24, 2.45) is 0 Å². The van der Waals surface area contributed by atoms with Gasteiger partial charge >= 0.3 is 5.97 Å². The first-order valence-electron chi connectivity index (χ1n) is 9.17. The first-order chi connectivity index (χ1) is 13.2. The highest BCUT2D eigenvalue weighted by molar-refractivity contribution is 8.00. The van der Waals surface area contributed by atoms with E-state index in [0.717, 1.165) is 11.0 Å². The van der Waals surface area contributed by atoms with Crippen molar-refractivity contribution in [2.45, 2.75) is 50.2 Å². The maximum Gasteiger partial charge on any atom is 0.326 e. The summed E-state index contributed by atoms with van der Waals surface area (Å²) in [4.78, 5) is 29.8. The molecule has 0 aliphatic rings. The number of Topliss-reactive ketones (excluding diaryl/α,β-unsaturated/α-hetero) is 1. The smallest absolute Gasteiger partial charge is 0.326 e. The first kappa shape index (κ1) is 20.1. The second-order valence-electron chi connectivity index (χ2n) is 7.55. The van der Waals surface area contributed by atoms with E-state index in [1.165, 1.54) is 11.8 Å². The molecule has 0 saturated heterocycles. The molecular weight excluding hydrogens is 372 g/mol. The summed E-state index contributed by atoms with van der Waals surface area (Å²) in [5, 5.41) is 0.292. The number of ether oxygens (including phenoxy) is 1. The largest absolute Gasteiger partial charge is 0.459 e. The Morgan fingerprint density at radius 2 is 1.71 bits per heavy atom. The summed E-state index contributed by atoms with van der Waals surface area (Å²) in [5.74, 6) is -0.305. The van der Waals surface area contributed by atoms with E-state index >= 15 is 0 Å². The molecule has 2 aromatic carbocycles. The number of benzene rings is 2. The van der Waals surface area contributed by atoms with Gasteiger partial charge in [0, 0.05) is 5.56 Å². The van der Waals surface area contributed by atoms with Crippen LogP contribution >= 0.6 is 11.8 Å². The van der Waals surface area contributed by atoms with E-state index in [9.17, 15) is 9.59 Å². The van der Waals surface area contributed by atoms with Crippen molar-refractivity contribution in [3.63, 3.8) is 0 Å². The van der Waals surface area contributed by atoms with Crippen molar-refractivity contribution in [3.8, 4) is 0 Å². The van der Waals surface area contributed by atoms with Gasteiger partial charge in [-0.2, -0.15) is 0 Å². The minimum Gasteiger partial charge on any atom is -0.459 e. The average Bonchev–Trinajstić information content (AvgIpc) is 2.97. The van der Waals surface area contributed by atoms with E-state index in [1.807, 2.05) is 86.9 Å². The van der Waals surface area contributed by atoms with E-state index in [-0.39, 0.29) is 23.5 Å². The molecule has 146 valence electrons. The molecular formula is C22H24N2O3S. The number of hydrogen-bond acceptors (Lipinski definition) is 5. The quantitative estimate of drug-likeness (QED) is 0.342. The first-order valence-corrected chi connectivity index (χ1v) is 10.1. The lowest BCUT2D eigenvalue weighted by atomic mass is 10.1. The van der Waals surface area contributed by atoms with Gasteiger partial charge in [0.05, 0.1) is 16.3 Å². The molecule has 1 heterocycles. The van der Waals surface area contributed by atoms with E-state index < -0.39 is 5.60 Å². The van der Waals surface area contributed by atoms with Crippen LogP contribution in [0.4, 0.5) is 0 Å². The van der Waals surface area contributed by atoms with Crippen LogP contribution in [-0.4, -0.2) is 32.2 Å². The number of esters is 1. The minimum atomic E-state index is -0.558. The third-order valence-corrected chi connectivity index (χ3v) is 5.13. The van der Waals surface area contributed by atoms with Gasteiger partial charge in [-0.25, -0.2) is 4.98 Å². The number of para-hydroxylation sites is 2. The molecule has 3 aromatic rings. The van der Waals surface area contributed by atoms with E-state index in [2.05, 4.69) is 4.98 Å². The predicted octanol–water partition coefficient (Wildman–Crippen LogP) is 4.74. The van der Waals surface area contributed by atoms with E-state index in [0.29, 0.717) is 10.7 Å². The van der Waals surface area contributed by atoms with Crippen LogP contribution in [0.1, 0.15) is 38.1 Å². The van der Waals surface area contributed by atoms with Crippen molar-refractivity contribution in [2.75, 3.05) is 0 Å². The Labute approximate surface area is 169 Å². The third-order valence-electron chi connectivity index (χ3n) is 4.04. The second kappa shape index (κ2) is 8.19. The van der Waals surface area contributed by atoms with Crippen LogP contribution in [0, 0.1) is 0 Å². The fraction of sp³-hybridized carbons (Fsp3) is 0.318. The van der Waals surface area contributed by atoms with Crippen molar-refractivity contribution < 1.29 is 14.3 Å². The zero-order valence-electron chi connectivity index (χ0n) is 16.5. The van der Waals surface area contributed by atoms with Crippen LogP contribution in [0.2, 0.25) is 0 Å². The molecule has 0 radical (unpaired) electrons. The molecule has 1 atom stereocenters. The third kappa shape index (κ3) is 4.81. The highest BCUT2D eigenvalue weighted by Crippen LogP contribution is 2.29. The highest BCUT2D eigenvalue weighted by atomic mass is 32.2. The molecule has 1 unspecified atom stereocenters. The number of carbonyl (C=O) groups excluding carboxylic acids is 2. The van der Waals surface area contributed by atoms with E-state index in [4.69, 9.17) is 4.74 Å². The molecule has 0 spiro atoms. The fourth-order valence-corrected chi connectivity index (χ4v) is 3.85. The Bertz CT molecular complexity index is 990. The van der Waals surface area contributed by atoms with Crippen molar-refractivity contribution in [3.05, 3.63) is 60.2 Å². The number of carbonyl (C=O) groups is 2. The van der Waals surface area contributed by atoms with Crippen molar-refractivity contribution >= 4 is 34.5 Å². The lowest BCUT2D eigenvalue weighted by Gasteiger charge is -2.20. The van der Waals surface area contributed by atoms with Gasteiger partial charge in [-0.05, 0) is 39.8 Å². The van der Waals surface area contributed by atoms with Gasteiger partial charge < -0.3 is 9.30 Å². The van der Waals surface area contributed by atoms with Gasteiger partial charge in [0.15, 0.2) is 10.9 Å². The van der Waals surface area contributed by atoms with Crippen LogP contribution in [0.25, 0.3) is 11.0 Å². The van der Waals surface area contributed by atoms with E-state index in [1.54, 1.807) is 0 Å². The summed E-state index contributed by atoms with van der Waals surface area (Å²) >= 11 is 1.35. The van der Waals surface area contributed by atoms with Crippen LogP contribution < -0.4 is 0 Å². The number of nitrogens with zero attached hydrogens (tertiary/aromatic N) is 2. The van der Waals surface area contributed by atoms with Gasteiger partial charge in [0.2, 0.25) is 0 Å². The van der Waals surface area contributed by atoms with Gasteiger partial charge in [0.1, 0.15) is 12.1 Å². The number of hydrogen-bond donors (Lipinski definition) is 0. The standard InChI is InChI=1S/C22H24N2O3S/c1-15(20(26)16-10-6-5-7-11-16)28-21-23-17-12-8-9-13-18(17)24(21)14-19(25)27-22(2,3)4/h5-13,15H,14H2,1-4H3. The number of imidazole rings is 1. The zero-order chi connectivity index (χ0) is 20.3. The monoisotopic (exact) mass is 396 g/mol. The van der Waals surface area contributed by atoms with Crippen LogP contribution in [0.3, 0.4) is 0 Å². The number of ketones is 1. The normalized spacial score (nSPS) is 12.7. The molecule has 0 saturated carbocycles. The molecule has 0 N–H and O–H groups in total. The molecule has 6 heteroatoms. The fourth-order valence-electron chi connectivity index (χ4n) is 2.85. The van der Waals surface area contributed by atoms with Crippen molar-refractivity contribution in [1.82, 2.24) is 9.55 Å². The van der Waals surface area contributed by atoms with Gasteiger partial charge in [-0.3, -0.25) is 9.59 Å². The molecule has 0 amide bonds.